The SMILES string of the molecule is CNS(=O)(=O)c1cccc(CNC(=O)c2cccc(NC(=O)c3ccc(Br)o3)c2)c1. The molecule has 1 aromatic heterocycles. The number of halogens is 1. The van der Waals surface area contributed by atoms with E-state index in [0.29, 0.717) is 21.5 Å². The van der Waals surface area contributed by atoms with Gasteiger partial charge in [-0.25, -0.2) is 13.1 Å². The summed E-state index contributed by atoms with van der Waals surface area (Å²) in [6.45, 7) is 0.142. The molecule has 0 radical (unpaired) electrons. The van der Waals surface area contributed by atoms with Crippen LogP contribution in [-0.2, 0) is 16.6 Å². The van der Waals surface area contributed by atoms with Gasteiger partial charge in [-0.05, 0) is 71.0 Å². The van der Waals surface area contributed by atoms with Crippen molar-refractivity contribution in [2.24, 2.45) is 0 Å². The van der Waals surface area contributed by atoms with Crippen LogP contribution >= 0.6 is 15.9 Å². The van der Waals surface area contributed by atoms with Crippen LogP contribution in [0.1, 0.15) is 26.5 Å². The molecule has 1 heterocycles. The van der Waals surface area contributed by atoms with E-state index >= 15 is 0 Å². The van der Waals surface area contributed by atoms with Crippen molar-refractivity contribution in [2.75, 3.05) is 12.4 Å². The molecule has 2 aromatic carbocycles. The summed E-state index contributed by atoms with van der Waals surface area (Å²) in [5, 5.41) is 5.40. The fraction of sp³-hybridized carbons (Fsp3) is 0.100. The molecule has 2 amide bonds. The Labute approximate surface area is 181 Å². The van der Waals surface area contributed by atoms with E-state index in [0.717, 1.165) is 0 Å². The third-order valence-electron chi connectivity index (χ3n) is 4.11. The molecule has 0 fully saturated rings. The average molecular weight is 492 g/mol. The highest BCUT2D eigenvalue weighted by atomic mass is 79.9. The Bertz CT molecular complexity index is 1190. The maximum absolute atomic E-state index is 12.5. The van der Waals surface area contributed by atoms with Gasteiger partial charge in [-0.2, -0.15) is 0 Å². The quantitative estimate of drug-likeness (QED) is 0.469. The molecule has 0 aliphatic heterocycles. The van der Waals surface area contributed by atoms with Gasteiger partial charge in [-0.15, -0.1) is 0 Å². The Morgan fingerprint density at radius 1 is 1.00 bits per heavy atom. The van der Waals surface area contributed by atoms with Gasteiger partial charge in [-0.3, -0.25) is 9.59 Å². The van der Waals surface area contributed by atoms with Crippen molar-refractivity contribution in [3.8, 4) is 0 Å². The van der Waals surface area contributed by atoms with E-state index in [9.17, 15) is 18.0 Å². The summed E-state index contributed by atoms with van der Waals surface area (Å²) in [5.41, 5.74) is 1.40. The maximum atomic E-state index is 12.5. The number of amides is 2. The summed E-state index contributed by atoms with van der Waals surface area (Å²) >= 11 is 3.14. The standard InChI is InChI=1S/C20H18BrN3O5S/c1-22-30(27,28)16-7-2-4-13(10-16)12-23-19(25)14-5-3-6-15(11-14)24-20(26)17-8-9-18(21)29-17/h2-11,22H,12H2,1H3,(H,23,25)(H,24,26). The highest BCUT2D eigenvalue weighted by molar-refractivity contribution is 9.10. The normalized spacial score (nSPS) is 11.1. The summed E-state index contributed by atoms with van der Waals surface area (Å²) < 4.78 is 31.7. The fourth-order valence-corrected chi connectivity index (χ4v) is 3.70. The number of hydrogen-bond acceptors (Lipinski definition) is 5. The number of nitrogens with one attached hydrogen (secondary N) is 3. The number of carbonyl (C=O) groups excluding carboxylic acids is 2. The van der Waals surface area contributed by atoms with Crippen LogP contribution < -0.4 is 15.4 Å². The molecule has 3 N–H and O–H groups in total. The van der Waals surface area contributed by atoms with Crippen LogP contribution in [0.25, 0.3) is 0 Å². The Kier molecular flexibility index (Phi) is 6.70. The van der Waals surface area contributed by atoms with Crippen molar-refractivity contribution in [3.05, 3.63) is 82.2 Å². The molecule has 8 nitrogen and oxygen atoms in total. The van der Waals surface area contributed by atoms with Gasteiger partial charge in [0.25, 0.3) is 11.8 Å². The first-order chi connectivity index (χ1) is 14.3. The Morgan fingerprint density at radius 3 is 2.47 bits per heavy atom. The minimum atomic E-state index is -3.56. The first kappa shape index (κ1) is 21.8. The Balaban J connectivity index is 1.66. The molecule has 10 heteroatoms. The zero-order valence-corrected chi connectivity index (χ0v) is 18.2. The van der Waals surface area contributed by atoms with Gasteiger partial charge < -0.3 is 15.1 Å². The number of hydrogen-bond donors (Lipinski definition) is 3. The molecule has 0 atom stereocenters. The first-order valence-electron chi connectivity index (χ1n) is 8.76. The molecule has 0 spiro atoms. The highest BCUT2D eigenvalue weighted by Crippen LogP contribution is 2.17. The predicted molar refractivity (Wildman–Crippen MR) is 115 cm³/mol. The molecule has 0 aliphatic carbocycles. The third kappa shape index (κ3) is 5.35. The van der Waals surface area contributed by atoms with E-state index in [-0.39, 0.29) is 23.1 Å². The Morgan fingerprint density at radius 2 is 1.77 bits per heavy atom. The van der Waals surface area contributed by atoms with Crippen molar-refractivity contribution in [1.82, 2.24) is 10.0 Å². The molecule has 156 valence electrons. The van der Waals surface area contributed by atoms with E-state index in [2.05, 4.69) is 31.3 Å². The van der Waals surface area contributed by atoms with E-state index in [4.69, 9.17) is 4.42 Å². The lowest BCUT2D eigenvalue weighted by molar-refractivity contribution is 0.0949. The van der Waals surface area contributed by atoms with Crippen LogP contribution in [0, 0.1) is 0 Å². The number of carbonyl (C=O) groups is 2. The maximum Gasteiger partial charge on any atom is 0.291 e. The summed E-state index contributed by atoms with van der Waals surface area (Å²) in [5.74, 6) is -0.678. The largest absolute Gasteiger partial charge is 0.444 e. The van der Waals surface area contributed by atoms with E-state index < -0.39 is 15.9 Å². The first-order valence-corrected chi connectivity index (χ1v) is 11.0. The van der Waals surface area contributed by atoms with Crippen molar-refractivity contribution in [3.63, 3.8) is 0 Å². The van der Waals surface area contributed by atoms with Gasteiger partial charge in [-0.1, -0.05) is 18.2 Å². The van der Waals surface area contributed by atoms with Crippen molar-refractivity contribution in [2.45, 2.75) is 11.4 Å². The zero-order valence-electron chi connectivity index (χ0n) is 15.8. The van der Waals surface area contributed by atoms with Crippen LogP contribution in [-0.4, -0.2) is 27.3 Å². The number of rotatable bonds is 7. The van der Waals surface area contributed by atoms with Crippen LogP contribution in [0.5, 0.6) is 0 Å². The van der Waals surface area contributed by atoms with Crippen molar-refractivity contribution in [1.29, 1.82) is 0 Å². The monoisotopic (exact) mass is 491 g/mol. The lowest BCUT2D eigenvalue weighted by Gasteiger charge is -2.09. The van der Waals surface area contributed by atoms with Crippen LogP contribution in [0.4, 0.5) is 5.69 Å². The summed E-state index contributed by atoms with van der Waals surface area (Å²) in [4.78, 5) is 24.8. The fourth-order valence-electron chi connectivity index (χ4n) is 2.59. The molecular formula is C20H18BrN3O5S. The molecule has 30 heavy (non-hydrogen) atoms. The molecule has 0 saturated carbocycles. The summed E-state index contributed by atoms with van der Waals surface area (Å²) in [7, 11) is -2.23. The second-order valence-electron chi connectivity index (χ2n) is 6.18. The van der Waals surface area contributed by atoms with Crippen LogP contribution in [0.2, 0.25) is 0 Å². The van der Waals surface area contributed by atoms with E-state index in [1.807, 2.05) is 0 Å². The minimum absolute atomic E-state index is 0.117. The number of sulfonamides is 1. The number of anilines is 1. The van der Waals surface area contributed by atoms with E-state index in [1.54, 1.807) is 36.4 Å². The lowest BCUT2D eigenvalue weighted by Crippen LogP contribution is -2.23. The predicted octanol–water partition coefficient (Wildman–Crippen LogP) is 3.13. The van der Waals surface area contributed by atoms with Crippen LogP contribution in [0.15, 0.2) is 74.6 Å². The molecule has 0 bridgehead atoms. The van der Waals surface area contributed by atoms with Gasteiger partial charge in [0, 0.05) is 17.8 Å². The Hall–Kier alpha value is -2.95. The van der Waals surface area contributed by atoms with Gasteiger partial charge in [0.05, 0.1) is 4.90 Å². The van der Waals surface area contributed by atoms with Gasteiger partial charge in [0.1, 0.15) is 0 Å². The molecule has 3 aromatic rings. The number of benzene rings is 2. The molecule has 0 unspecified atom stereocenters. The lowest BCUT2D eigenvalue weighted by atomic mass is 10.1. The average Bonchev–Trinajstić information content (AvgIpc) is 3.19. The molecule has 0 aliphatic rings. The van der Waals surface area contributed by atoms with Crippen LogP contribution in [0.3, 0.4) is 0 Å². The molecular weight excluding hydrogens is 474 g/mol. The second-order valence-corrected chi connectivity index (χ2v) is 8.84. The van der Waals surface area contributed by atoms with Crippen molar-refractivity contribution < 1.29 is 22.4 Å². The molecule has 3 rings (SSSR count). The zero-order chi connectivity index (χ0) is 21.7. The summed E-state index contributed by atoms with van der Waals surface area (Å²) in [6, 6.07) is 15.9. The third-order valence-corrected chi connectivity index (χ3v) is 5.95. The van der Waals surface area contributed by atoms with Gasteiger partial charge in [0.2, 0.25) is 10.0 Å². The second kappa shape index (κ2) is 9.24. The van der Waals surface area contributed by atoms with Gasteiger partial charge >= 0.3 is 0 Å². The van der Waals surface area contributed by atoms with Gasteiger partial charge in [0.15, 0.2) is 10.4 Å². The minimum Gasteiger partial charge on any atom is -0.444 e. The van der Waals surface area contributed by atoms with Crippen molar-refractivity contribution >= 4 is 43.5 Å². The smallest absolute Gasteiger partial charge is 0.291 e. The summed E-state index contributed by atoms with van der Waals surface area (Å²) in [6.07, 6.45) is 0. The van der Waals surface area contributed by atoms with E-state index in [1.165, 1.54) is 31.3 Å². The topological polar surface area (TPSA) is 118 Å². The number of furan rings is 1. The highest BCUT2D eigenvalue weighted by Gasteiger charge is 2.14. The molecule has 0 saturated heterocycles.